The summed E-state index contributed by atoms with van der Waals surface area (Å²) in [7, 11) is 0. The Morgan fingerprint density at radius 2 is 2.15 bits per heavy atom. The van der Waals surface area contributed by atoms with Crippen molar-refractivity contribution in [2.45, 2.75) is 26.5 Å². The molecule has 1 aromatic heterocycles. The quantitative estimate of drug-likeness (QED) is 0.916. The molecule has 1 aromatic carbocycles. The fourth-order valence-corrected chi connectivity index (χ4v) is 2.85. The summed E-state index contributed by atoms with van der Waals surface area (Å²) in [5.74, 6) is 1.99. The summed E-state index contributed by atoms with van der Waals surface area (Å²) >= 11 is 1.56. The molecule has 1 N–H and O–H groups in total. The molecule has 4 nitrogen and oxygen atoms in total. The molecule has 0 radical (unpaired) electrons. The summed E-state index contributed by atoms with van der Waals surface area (Å²) in [6.45, 7) is 5.81. The van der Waals surface area contributed by atoms with Crippen molar-refractivity contribution in [3.05, 3.63) is 46.8 Å². The van der Waals surface area contributed by atoms with Crippen LogP contribution in [0.25, 0.3) is 0 Å². The van der Waals surface area contributed by atoms with Gasteiger partial charge in [0.05, 0.1) is 11.4 Å². The molecule has 1 amide bonds. The van der Waals surface area contributed by atoms with E-state index in [1.54, 1.807) is 11.8 Å². The van der Waals surface area contributed by atoms with Gasteiger partial charge in [0.25, 0.3) is 0 Å². The van der Waals surface area contributed by atoms with Crippen molar-refractivity contribution >= 4 is 23.4 Å². The van der Waals surface area contributed by atoms with Crippen LogP contribution in [0.2, 0.25) is 0 Å². The Balaban J connectivity index is 1.81. The van der Waals surface area contributed by atoms with E-state index in [1.165, 1.54) is 0 Å². The summed E-state index contributed by atoms with van der Waals surface area (Å²) < 4.78 is 5.10. The third kappa shape index (κ3) is 3.87. The number of rotatable bonds is 5. The van der Waals surface area contributed by atoms with Crippen LogP contribution in [0.15, 0.2) is 28.8 Å². The van der Waals surface area contributed by atoms with Gasteiger partial charge in [0.2, 0.25) is 5.91 Å². The first-order valence-electron chi connectivity index (χ1n) is 6.42. The summed E-state index contributed by atoms with van der Waals surface area (Å²) in [4.78, 5) is 11.9. The molecular formula is C15H18N2O2S. The standard InChI is InChI=1S/C15H18N2O2S/c1-10-5-4-6-13(7-10)16-15(18)9-20-8-14-11(2)17-19-12(14)3/h4-7H,8-9H2,1-3H3,(H,16,18). The molecule has 5 heteroatoms. The molecule has 0 fully saturated rings. The predicted octanol–water partition coefficient (Wildman–Crippen LogP) is 3.47. The predicted molar refractivity (Wildman–Crippen MR) is 81.9 cm³/mol. The number of nitrogens with zero attached hydrogens (tertiary/aromatic N) is 1. The number of hydrogen-bond donors (Lipinski definition) is 1. The van der Waals surface area contributed by atoms with Crippen LogP contribution in [-0.2, 0) is 10.5 Å². The number of aryl methyl sites for hydroxylation is 3. The molecule has 20 heavy (non-hydrogen) atoms. The molecule has 0 spiro atoms. The normalized spacial score (nSPS) is 10.6. The lowest BCUT2D eigenvalue weighted by Crippen LogP contribution is -2.14. The summed E-state index contributed by atoms with van der Waals surface area (Å²) in [6, 6.07) is 7.78. The minimum absolute atomic E-state index is 0.00682. The van der Waals surface area contributed by atoms with Gasteiger partial charge in [0, 0.05) is 17.0 Å². The van der Waals surface area contributed by atoms with E-state index in [9.17, 15) is 4.79 Å². The SMILES string of the molecule is Cc1cccc(NC(=O)CSCc2c(C)noc2C)c1. The van der Waals surface area contributed by atoms with E-state index >= 15 is 0 Å². The van der Waals surface area contributed by atoms with Crippen molar-refractivity contribution in [3.8, 4) is 0 Å². The monoisotopic (exact) mass is 290 g/mol. The molecule has 0 saturated heterocycles. The lowest BCUT2D eigenvalue weighted by molar-refractivity contribution is -0.113. The van der Waals surface area contributed by atoms with Crippen LogP contribution in [0.4, 0.5) is 5.69 Å². The van der Waals surface area contributed by atoms with Crippen LogP contribution in [0, 0.1) is 20.8 Å². The molecule has 0 saturated carbocycles. The number of aromatic nitrogens is 1. The molecule has 2 rings (SSSR count). The van der Waals surface area contributed by atoms with Crippen molar-refractivity contribution in [2.75, 3.05) is 11.1 Å². The Morgan fingerprint density at radius 3 is 2.80 bits per heavy atom. The van der Waals surface area contributed by atoms with E-state index in [4.69, 9.17) is 4.52 Å². The van der Waals surface area contributed by atoms with Crippen molar-refractivity contribution in [1.82, 2.24) is 5.16 Å². The van der Waals surface area contributed by atoms with Crippen LogP contribution in [-0.4, -0.2) is 16.8 Å². The highest BCUT2D eigenvalue weighted by atomic mass is 32.2. The summed E-state index contributed by atoms with van der Waals surface area (Å²) in [6.07, 6.45) is 0. The second-order valence-electron chi connectivity index (χ2n) is 4.71. The van der Waals surface area contributed by atoms with E-state index in [2.05, 4.69) is 10.5 Å². The van der Waals surface area contributed by atoms with E-state index < -0.39 is 0 Å². The van der Waals surface area contributed by atoms with Gasteiger partial charge < -0.3 is 9.84 Å². The molecule has 1 heterocycles. The van der Waals surface area contributed by atoms with E-state index in [0.29, 0.717) is 5.75 Å². The van der Waals surface area contributed by atoms with Gasteiger partial charge in [0.15, 0.2) is 0 Å². The minimum Gasteiger partial charge on any atom is -0.361 e. The van der Waals surface area contributed by atoms with Crippen LogP contribution in [0.5, 0.6) is 0 Å². The summed E-state index contributed by atoms with van der Waals surface area (Å²) in [5, 5.41) is 6.80. The Hall–Kier alpha value is -1.75. The van der Waals surface area contributed by atoms with Gasteiger partial charge >= 0.3 is 0 Å². The number of anilines is 1. The molecule has 0 aliphatic carbocycles. The average Bonchev–Trinajstić information content (AvgIpc) is 2.70. The summed E-state index contributed by atoms with van der Waals surface area (Å²) in [5.41, 5.74) is 3.95. The molecule has 0 unspecified atom stereocenters. The van der Waals surface area contributed by atoms with Crippen molar-refractivity contribution in [3.63, 3.8) is 0 Å². The van der Waals surface area contributed by atoms with E-state index in [0.717, 1.165) is 34.0 Å². The first-order valence-corrected chi connectivity index (χ1v) is 7.57. The number of carbonyl (C=O) groups is 1. The Bertz CT molecular complexity index is 588. The molecule has 0 aliphatic heterocycles. The molecular weight excluding hydrogens is 272 g/mol. The Labute approximate surface area is 122 Å². The number of thioether (sulfide) groups is 1. The maximum Gasteiger partial charge on any atom is 0.234 e. The third-order valence-electron chi connectivity index (χ3n) is 2.96. The zero-order valence-corrected chi connectivity index (χ0v) is 12.7. The fourth-order valence-electron chi connectivity index (χ4n) is 1.87. The zero-order valence-electron chi connectivity index (χ0n) is 11.9. The highest BCUT2D eigenvalue weighted by molar-refractivity contribution is 7.99. The number of benzene rings is 1. The van der Waals surface area contributed by atoms with Gasteiger partial charge in [-0.25, -0.2) is 0 Å². The van der Waals surface area contributed by atoms with E-state index in [1.807, 2.05) is 45.0 Å². The average molecular weight is 290 g/mol. The molecule has 2 aromatic rings. The van der Waals surface area contributed by atoms with Gasteiger partial charge in [-0.3, -0.25) is 4.79 Å². The third-order valence-corrected chi connectivity index (χ3v) is 3.92. The first-order chi connectivity index (χ1) is 9.56. The smallest absolute Gasteiger partial charge is 0.234 e. The van der Waals surface area contributed by atoms with Crippen molar-refractivity contribution in [2.24, 2.45) is 0 Å². The Kier molecular flexibility index (Phi) is 4.84. The Morgan fingerprint density at radius 1 is 1.35 bits per heavy atom. The highest BCUT2D eigenvalue weighted by Crippen LogP contribution is 2.19. The van der Waals surface area contributed by atoms with Crippen LogP contribution in [0.1, 0.15) is 22.6 Å². The van der Waals surface area contributed by atoms with Gasteiger partial charge in [-0.1, -0.05) is 17.3 Å². The lowest BCUT2D eigenvalue weighted by atomic mass is 10.2. The number of hydrogen-bond acceptors (Lipinski definition) is 4. The number of carbonyl (C=O) groups excluding carboxylic acids is 1. The maximum absolute atomic E-state index is 11.9. The lowest BCUT2D eigenvalue weighted by Gasteiger charge is -2.05. The van der Waals surface area contributed by atoms with Crippen molar-refractivity contribution in [1.29, 1.82) is 0 Å². The van der Waals surface area contributed by atoms with Crippen molar-refractivity contribution < 1.29 is 9.32 Å². The second kappa shape index (κ2) is 6.61. The molecule has 0 bridgehead atoms. The molecule has 106 valence electrons. The van der Waals surface area contributed by atoms with Gasteiger partial charge in [0.1, 0.15) is 5.76 Å². The highest BCUT2D eigenvalue weighted by Gasteiger charge is 2.10. The second-order valence-corrected chi connectivity index (χ2v) is 5.70. The molecule has 0 atom stereocenters. The fraction of sp³-hybridized carbons (Fsp3) is 0.333. The van der Waals surface area contributed by atoms with E-state index in [-0.39, 0.29) is 5.91 Å². The van der Waals surface area contributed by atoms with Gasteiger partial charge in [-0.2, -0.15) is 0 Å². The van der Waals surface area contributed by atoms with Crippen LogP contribution in [0.3, 0.4) is 0 Å². The number of amides is 1. The number of nitrogens with one attached hydrogen (secondary N) is 1. The maximum atomic E-state index is 11.9. The van der Waals surface area contributed by atoms with Gasteiger partial charge in [-0.05, 0) is 38.5 Å². The van der Waals surface area contributed by atoms with Gasteiger partial charge in [-0.15, -0.1) is 11.8 Å². The minimum atomic E-state index is 0.00682. The topological polar surface area (TPSA) is 55.1 Å². The van der Waals surface area contributed by atoms with Crippen LogP contribution >= 0.6 is 11.8 Å². The largest absolute Gasteiger partial charge is 0.361 e. The zero-order chi connectivity index (χ0) is 14.5. The molecule has 0 aliphatic rings. The van der Waals surface area contributed by atoms with Crippen LogP contribution < -0.4 is 5.32 Å². The first kappa shape index (κ1) is 14.7.